The average molecular weight is 1070 g/mol. The van der Waals surface area contributed by atoms with Crippen LogP contribution in [0.25, 0.3) is 0 Å². The Kier molecular flexibility index (Phi) is 15.3. The van der Waals surface area contributed by atoms with Gasteiger partial charge in [0.1, 0.15) is 30.7 Å². The van der Waals surface area contributed by atoms with Crippen LogP contribution in [0.15, 0.2) is 29.8 Å². The van der Waals surface area contributed by atoms with Gasteiger partial charge in [0.25, 0.3) is 0 Å². The summed E-state index contributed by atoms with van der Waals surface area (Å²) in [5, 5.41) is 97.1. The first-order chi connectivity index (χ1) is 36.0. The minimum Gasteiger partial charge on any atom is -0.508 e. The van der Waals surface area contributed by atoms with E-state index in [9.17, 15) is 50.8 Å². The molecule has 0 spiro atoms. The second-order valence-electron chi connectivity index (χ2n) is 26.4. The number of aliphatic hydroxyl groups excluding tert-OH is 7. The molecule has 0 aromatic heterocycles. The van der Waals surface area contributed by atoms with E-state index in [4.69, 9.17) is 33.2 Å². The highest BCUT2D eigenvalue weighted by atomic mass is 16.7. The third-order valence-corrected chi connectivity index (χ3v) is 22.6. The van der Waals surface area contributed by atoms with E-state index >= 15 is 0 Å². The fourth-order valence-electron chi connectivity index (χ4n) is 18.3. The van der Waals surface area contributed by atoms with Crippen molar-refractivity contribution in [3.05, 3.63) is 41.0 Å². The zero-order valence-electron chi connectivity index (χ0n) is 45.4. The molecular weight excluding hydrogens is 981 g/mol. The van der Waals surface area contributed by atoms with Gasteiger partial charge in [-0.3, -0.25) is 0 Å². The Labute approximate surface area is 447 Å². The minimum absolute atomic E-state index is 0.0452. The number of benzene rings is 1. The van der Waals surface area contributed by atoms with E-state index in [0.29, 0.717) is 42.3 Å². The van der Waals surface area contributed by atoms with Crippen molar-refractivity contribution in [3.63, 3.8) is 0 Å². The molecule has 17 heteroatoms. The predicted octanol–water partition coefficient (Wildman–Crippen LogP) is 4.80. The second kappa shape index (κ2) is 20.9. The normalized spacial score (nSPS) is 52.6. The molecular formula is C59H88O17. The Hall–Kier alpha value is -2.33. The first kappa shape index (κ1) is 55.6. The second-order valence-corrected chi connectivity index (χ2v) is 26.4. The number of carbonyl (C=O) groups is 1. The van der Waals surface area contributed by atoms with Crippen molar-refractivity contribution in [2.75, 3.05) is 6.61 Å². The first-order valence-electron chi connectivity index (χ1n) is 29.1. The quantitative estimate of drug-likeness (QED) is 0.131. The van der Waals surface area contributed by atoms with Crippen molar-refractivity contribution in [3.8, 4) is 5.75 Å². The van der Waals surface area contributed by atoms with Crippen LogP contribution in [0.5, 0.6) is 5.75 Å². The summed E-state index contributed by atoms with van der Waals surface area (Å²) in [4.78, 5) is 11.9. The maximum absolute atomic E-state index is 12.6. The van der Waals surface area contributed by atoms with Crippen LogP contribution in [0.4, 0.5) is 0 Å². The average Bonchev–Trinajstić information content (AvgIpc) is 4.13. The summed E-state index contributed by atoms with van der Waals surface area (Å²) in [6, 6.07) is 5.80. The number of ether oxygens (including phenoxy) is 7. The summed E-state index contributed by atoms with van der Waals surface area (Å²) >= 11 is 0. The Morgan fingerprint density at radius 2 is 1.28 bits per heavy atom. The Morgan fingerprint density at radius 3 is 1.92 bits per heavy atom. The maximum atomic E-state index is 12.6. The molecule has 6 saturated carbocycles. The lowest BCUT2D eigenvalue weighted by Gasteiger charge is -2.65. The molecule has 11 aliphatic rings. The molecule has 27 atom stereocenters. The van der Waals surface area contributed by atoms with Crippen molar-refractivity contribution in [1.82, 2.24) is 0 Å². The largest absolute Gasteiger partial charge is 0.508 e. The molecule has 0 unspecified atom stereocenters. The van der Waals surface area contributed by atoms with Crippen molar-refractivity contribution < 1.29 is 83.9 Å². The number of phenols is 1. The molecule has 426 valence electrons. The van der Waals surface area contributed by atoms with Crippen LogP contribution in [0.3, 0.4) is 0 Å². The summed E-state index contributed by atoms with van der Waals surface area (Å²) in [6.07, 6.45) is 2.29. The van der Waals surface area contributed by atoms with E-state index in [1.54, 1.807) is 26.0 Å². The number of rotatable bonds is 7. The number of aryl methyl sites for hydroxylation is 1. The lowest BCUT2D eigenvalue weighted by Crippen LogP contribution is -2.67. The fraction of sp³-hybridized carbons (Fsp3) is 0.847. The van der Waals surface area contributed by atoms with Crippen LogP contribution >= 0.6 is 0 Å². The lowest BCUT2D eigenvalue weighted by atomic mass is 9.42. The fourth-order valence-corrected chi connectivity index (χ4v) is 18.3. The van der Waals surface area contributed by atoms with Crippen molar-refractivity contribution >= 4 is 5.97 Å². The monoisotopic (exact) mass is 1070 g/mol. The summed E-state index contributed by atoms with van der Waals surface area (Å²) in [5.74, 6) is 2.08. The highest BCUT2D eigenvalue weighted by molar-refractivity contribution is 5.85. The van der Waals surface area contributed by atoms with Gasteiger partial charge in [0.2, 0.25) is 0 Å². The topological polar surface area (TPSA) is 264 Å². The molecule has 17 nitrogen and oxygen atoms in total. The Bertz CT molecular complexity index is 2260. The molecule has 76 heavy (non-hydrogen) atoms. The van der Waals surface area contributed by atoms with Crippen LogP contribution in [0.2, 0.25) is 0 Å². The van der Waals surface area contributed by atoms with E-state index in [0.717, 1.165) is 76.2 Å². The van der Waals surface area contributed by atoms with Gasteiger partial charge in [-0.1, -0.05) is 26.8 Å². The number of cyclic esters (lactones) is 1. The standard InChI is InChI=1S/C41H64O14.C18H24O3/c1-19-36(47)28(42)15-34(50-19)54-38-21(3)52-35(17-30(38)44)55-37-20(2)51-33(16-29(37)43)53-24-8-10-39(4)23(13-24)6-7-26-27(39)14-31(45)40(5)25(9-11-41(26,40)48)22-12-32(46)49-18-22;1-18-7-6-13-12-5-3-11(19)8-10(12)2-4-14(13)15(18)9-16(20)17(18)21/h12,19-21,23-31,33-38,42-45,47-48H,6-11,13-18H2,1-5H3;3,5,8,13-17,19-21H,2,4,6-7,9H2,1H3/t19-,20-,21-,23-,24+,25-,26-,27+,28+,29+,30+,31-,33+,34+,35+,36-,37-,38-,39+,40+,41+;13-,14-,15+,16-,17+,18+/m11/s1. The number of phenolic OH excluding ortho intramolecular Hbond substituents is 1. The summed E-state index contributed by atoms with van der Waals surface area (Å²) < 4.78 is 42.1. The molecule has 3 saturated heterocycles. The number of carbonyl (C=O) groups excluding carboxylic acids is 1. The van der Waals surface area contributed by atoms with Crippen molar-refractivity contribution in [2.45, 2.75) is 254 Å². The third-order valence-electron chi connectivity index (χ3n) is 22.6. The van der Waals surface area contributed by atoms with Gasteiger partial charge in [-0.25, -0.2) is 4.79 Å². The lowest BCUT2D eigenvalue weighted by molar-refractivity contribution is -0.336. The molecule has 7 aliphatic carbocycles. The SMILES string of the molecule is C[C@H]1O[C@@H](O[C@H]2[C@@H](O)C[C@H](O[C@H]3[C@@H](O)C[C@H](O[C@H]4CC[C@@]5(C)[C@H](CC[C@@H]6[C@@H]5C[C@@H](O)[C@]5(C)[C@@H](C7=CC(=O)OC7)CC[C@]65O)C4)O[C@@H]3C)O[C@@H]2C)C[C@H](O)[C@@H]1O.C[C@]12CC[C@@H]3c4ccc(O)cc4CC[C@H]3[C@@H]1C[C@@H](O)[C@@H]2O. The van der Waals surface area contributed by atoms with E-state index in [2.05, 4.69) is 19.9 Å². The zero-order valence-corrected chi connectivity index (χ0v) is 45.4. The van der Waals surface area contributed by atoms with Gasteiger partial charge in [-0.2, -0.15) is 0 Å². The van der Waals surface area contributed by atoms with E-state index < -0.39 is 103 Å². The molecule has 9 N–H and O–H groups in total. The van der Waals surface area contributed by atoms with Gasteiger partial charge in [-0.15, -0.1) is 0 Å². The van der Waals surface area contributed by atoms with Crippen molar-refractivity contribution in [2.24, 2.45) is 51.8 Å². The van der Waals surface area contributed by atoms with Gasteiger partial charge < -0.3 is 79.1 Å². The van der Waals surface area contributed by atoms with E-state index in [-0.39, 0.29) is 66.5 Å². The maximum Gasteiger partial charge on any atom is 0.331 e. The summed E-state index contributed by atoms with van der Waals surface area (Å²) in [7, 11) is 0. The number of aromatic hydroxyl groups is 1. The van der Waals surface area contributed by atoms with E-state index in [1.165, 1.54) is 11.1 Å². The molecule has 1 aromatic carbocycles. The molecule has 0 radical (unpaired) electrons. The highest BCUT2D eigenvalue weighted by Gasteiger charge is 2.71. The van der Waals surface area contributed by atoms with Gasteiger partial charge in [-0.05, 0) is 185 Å². The number of hydrogen-bond donors (Lipinski definition) is 9. The minimum atomic E-state index is -1.01. The van der Waals surface area contributed by atoms with Crippen LogP contribution in [0.1, 0.15) is 155 Å². The highest BCUT2D eigenvalue weighted by Crippen LogP contribution is 2.70. The number of esters is 1. The van der Waals surface area contributed by atoms with Crippen molar-refractivity contribution in [1.29, 1.82) is 0 Å². The molecule has 0 bridgehead atoms. The molecule has 1 aromatic rings. The first-order valence-corrected chi connectivity index (χ1v) is 29.1. The Balaban J connectivity index is 0.000000243. The van der Waals surface area contributed by atoms with Crippen LogP contribution in [-0.2, 0) is 44.4 Å². The Morgan fingerprint density at radius 1 is 0.632 bits per heavy atom. The summed E-state index contributed by atoms with van der Waals surface area (Å²) in [6.45, 7) is 12.1. The van der Waals surface area contributed by atoms with Gasteiger partial charge in [0, 0.05) is 30.8 Å². The van der Waals surface area contributed by atoms with E-state index in [1.807, 2.05) is 19.9 Å². The zero-order chi connectivity index (χ0) is 54.0. The molecule has 9 fully saturated rings. The molecule has 4 heterocycles. The van der Waals surface area contributed by atoms with Crippen LogP contribution in [-0.4, -0.2) is 162 Å². The number of hydrogen-bond acceptors (Lipinski definition) is 17. The van der Waals surface area contributed by atoms with Gasteiger partial charge >= 0.3 is 5.97 Å². The summed E-state index contributed by atoms with van der Waals surface area (Å²) in [5.41, 5.74) is 1.67. The third kappa shape index (κ3) is 9.45. The number of aliphatic hydroxyl groups is 8. The van der Waals surface area contributed by atoms with Crippen LogP contribution in [0, 0.1) is 51.8 Å². The predicted molar refractivity (Wildman–Crippen MR) is 273 cm³/mol. The molecule has 12 rings (SSSR count). The van der Waals surface area contributed by atoms with Gasteiger partial charge in [0.05, 0.1) is 66.6 Å². The number of fused-ring (bicyclic) bond motifs is 10. The molecule has 0 amide bonds. The molecule has 4 aliphatic heterocycles. The van der Waals surface area contributed by atoms with Gasteiger partial charge in [0.15, 0.2) is 18.9 Å². The smallest absolute Gasteiger partial charge is 0.331 e. The van der Waals surface area contributed by atoms with Crippen LogP contribution < -0.4 is 0 Å².